The van der Waals surface area contributed by atoms with Gasteiger partial charge in [0.05, 0.1) is 5.57 Å². The number of rotatable bonds is 5. The highest BCUT2D eigenvalue weighted by molar-refractivity contribution is 6.35. The van der Waals surface area contributed by atoms with Gasteiger partial charge in [-0.1, -0.05) is 31.2 Å². The lowest BCUT2D eigenvalue weighted by atomic mass is 9.99. The Hall–Kier alpha value is -2.40. The highest BCUT2D eigenvalue weighted by Crippen LogP contribution is 2.33. The maximum atomic E-state index is 13.0. The fraction of sp³-hybridized carbons (Fsp3) is 0.429. The van der Waals surface area contributed by atoms with Crippen LogP contribution in [0.4, 0.5) is 0 Å². The third kappa shape index (κ3) is 3.19. The topological polar surface area (TPSA) is 43.9 Å². The number of carbonyl (C=O) groups excluding carboxylic acids is 2. The summed E-state index contributed by atoms with van der Waals surface area (Å²) in [5.41, 5.74) is 4.20. The van der Waals surface area contributed by atoms with E-state index in [2.05, 4.69) is 23.3 Å². The minimum atomic E-state index is -0.217. The standard InChI is InChI=1S/C21H27N3O2/c1-5-9-24-20(25)18(17-8-7-15(3)16(4)14-17)19(21(24)26)23-12-10-22(6-2)11-13-23/h5,7-8,14H,1,6,9-13H2,2-4H3. The SMILES string of the molecule is C=CCN1C(=O)C(c2ccc(C)c(C)c2)=C(N2CCN(CC)CC2)C1=O. The second-order valence-corrected chi connectivity index (χ2v) is 6.95. The summed E-state index contributed by atoms with van der Waals surface area (Å²) in [7, 11) is 0. The second-order valence-electron chi connectivity index (χ2n) is 6.95. The lowest BCUT2D eigenvalue weighted by molar-refractivity contribution is -0.137. The van der Waals surface area contributed by atoms with Gasteiger partial charge in [0.2, 0.25) is 0 Å². The summed E-state index contributed by atoms with van der Waals surface area (Å²) in [6, 6.07) is 5.97. The molecule has 0 saturated carbocycles. The average molecular weight is 353 g/mol. The van der Waals surface area contributed by atoms with Gasteiger partial charge in [0, 0.05) is 32.7 Å². The zero-order valence-electron chi connectivity index (χ0n) is 15.9. The van der Waals surface area contributed by atoms with Gasteiger partial charge in [-0.25, -0.2) is 0 Å². The molecular weight excluding hydrogens is 326 g/mol. The first-order valence-corrected chi connectivity index (χ1v) is 9.24. The molecule has 2 aliphatic rings. The van der Waals surface area contributed by atoms with E-state index in [0.29, 0.717) is 11.3 Å². The molecule has 2 heterocycles. The number of aryl methyl sites for hydroxylation is 2. The van der Waals surface area contributed by atoms with E-state index < -0.39 is 0 Å². The van der Waals surface area contributed by atoms with Crippen LogP contribution in [0.3, 0.4) is 0 Å². The summed E-state index contributed by atoms with van der Waals surface area (Å²) in [5.74, 6) is -0.417. The molecule has 2 amide bonds. The molecule has 0 aromatic heterocycles. The van der Waals surface area contributed by atoms with Gasteiger partial charge in [-0.3, -0.25) is 14.5 Å². The van der Waals surface area contributed by atoms with Gasteiger partial charge in [-0.2, -0.15) is 0 Å². The Morgan fingerprint density at radius 3 is 2.31 bits per heavy atom. The van der Waals surface area contributed by atoms with Gasteiger partial charge in [0.1, 0.15) is 5.70 Å². The van der Waals surface area contributed by atoms with Gasteiger partial charge >= 0.3 is 0 Å². The summed E-state index contributed by atoms with van der Waals surface area (Å²) >= 11 is 0. The normalized spacial score (nSPS) is 18.9. The van der Waals surface area contributed by atoms with Crippen LogP contribution >= 0.6 is 0 Å². The van der Waals surface area contributed by atoms with Crippen molar-refractivity contribution in [1.82, 2.24) is 14.7 Å². The Morgan fingerprint density at radius 1 is 1.04 bits per heavy atom. The largest absolute Gasteiger partial charge is 0.364 e. The summed E-state index contributed by atoms with van der Waals surface area (Å²) in [6.07, 6.45) is 1.60. The van der Waals surface area contributed by atoms with E-state index >= 15 is 0 Å². The summed E-state index contributed by atoms with van der Waals surface area (Å²) in [4.78, 5) is 31.8. The molecular formula is C21H27N3O2. The van der Waals surface area contributed by atoms with Crippen LogP contribution in [-0.2, 0) is 9.59 Å². The van der Waals surface area contributed by atoms with Crippen LogP contribution in [0.25, 0.3) is 5.57 Å². The molecule has 0 N–H and O–H groups in total. The number of likely N-dealkylation sites (N-methyl/N-ethyl adjacent to an activating group) is 1. The molecule has 138 valence electrons. The fourth-order valence-corrected chi connectivity index (χ4v) is 3.60. The number of imide groups is 1. The molecule has 1 aromatic carbocycles. The van der Waals surface area contributed by atoms with Crippen molar-refractivity contribution in [3.63, 3.8) is 0 Å². The van der Waals surface area contributed by atoms with E-state index in [1.165, 1.54) is 10.5 Å². The van der Waals surface area contributed by atoms with E-state index in [0.717, 1.165) is 43.9 Å². The van der Waals surface area contributed by atoms with Gasteiger partial charge in [0.15, 0.2) is 0 Å². The Bertz CT molecular complexity index is 773. The summed E-state index contributed by atoms with van der Waals surface area (Å²) in [6.45, 7) is 14.5. The molecule has 0 bridgehead atoms. The van der Waals surface area contributed by atoms with Gasteiger partial charge in [-0.05, 0) is 37.1 Å². The molecule has 0 unspecified atom stereocenters. The smallest absolute Gasteiger partial charge is 0.278 e. The Labute approximate surface area is 155 Å². The van der Waals surface area contributed by atoms with Crippen molar-refractivity contribution in [2.75, 3.05) is 39.3 Å². The third-order valence-electron chi connectivity index (χ3n) is 5.39. The highest BCUT2D eigenvalue weighted by atomic mass is 16.2. The van der Waals surface area contributed by atoms with Crippen molar-refractivity contribution >= 4 is 17.4 Å². The zero-order valence-corrected chi connectivity index (χ0v) is 15.9. The van der Waals surface area contributed by atoms with Gasteiger partial charge < -0.3 is 9.80 Å². The molecule has 0 aliphatic carbocycles. The first-order chi connectivity index (χ1) is 12.5. The van der Waals surface area contributed by atoms with Crippen LogP contribution in [0, 0.1) is 13.8 Å². The third-order valence-corrected chi connectivity index (χ3v) is 5.39. The molecule has 1 saturated heterocycles. The molecule has 2 aliphatic heterocycles. The maximum absolute atomic E-state index is 13.0. The summed E-state index contributed by atoms with van der Waals surface area (Å²) in [5, 5.41) is 0. The van der Waals surface area contributed by atoms with Gasteiger partial charge in [-0.15, -0.1) is 6.58 Å². The van der Waals surface area contributed by atoms with E-state index in [9.17, 15) is 9.59 Å². The molecule has 1 aromatic rings. The monoisotopic (exact) mass is 353 g/mol. The van der Waals surface area contributed by atoms with Crippen molar-refractivity contribution in [2.24, 2.45) is 0 Å². The van der Waals surface area contributed by atoms with Crippen LogP contribution in [-0.4, -0.2) is 65.8 Å². The number of benzene rings is 1. The molecule has 26 heavy (non-hydrogen) atoms. The van der Waals surface area contributed by atoms with Crippen molar-refractivity contribution in [2.45, 2.75) is 20.8 Å². The number of amides is 2. The number of nitrogens with zero attached hydrogens (tertiary/aromatic N) is 3. The van der Waals surface area contributed by atoms with Crippen LogP contribution in [0.15, 0.2) is 36.6 Å². The van der Waals surface area contributed by atoms with E-state index in [1.807, 2.05) is 32.0 Å². The number of carbonyl (C=O) groups is 2. The predicted octanol–water partition coefficient (Wildman–Crippen LogP) is 2.21. The van der Waals surface area contributed by atoms with Crippen molar-refractivity contribution < 1.29 is 9.59 Å². The lowest BCUT2D eigenvalue weighted by Crippen LogP contribution is -2.47. The minimum absolute atomic E-state index is 0.201. The molecule has 0 radical (unpaired) electrons. The Morgan fingerprint density at radius 2 is 1.73 bits per heavy atom. The van der Waals surface area contributed by atoms with Crippen LogP contribution in [0.2, 0.25) is 0 Å². The van der Waals surface area contributed by atoms with Crippen molar-refractivity contribution in [3.05, 3.63) is 53.2 Å². The Kier molecular flexibility index (Phi) is 5.28. The molecule has 5 heteroatoms. The van der Waals surface area contributed by atoms with E-state index in [4.69, 9.17) is 0 Å². The first-order valence-electron chi connectivity index (χ1n) is 9.24. The minimum Gasteiger partial charge on any atom is -0.364 e. The van der Waals surface area contributed by atoms with Gasteiger partial charge in [0.25, 0.3) is 11.8 Å². The predicted molar refractivity (Wildman–Crippen MR) is 103 cm³/mol. The van der Waals surface area contributed by atoms with Crippen molar-refractivity contribution in [3.8, 4) is 0 Å². The average Bonchev–Trinajstić information content (AvgIpc) is 2.89. The second kappa shape index (κ2) is 7.46. The van der Waals surface area contributed by atoms with E-state index in [1.54, 1.807) is 6.08 Å². The fourth-order valence-electron chi connectivity index (χ4n) is 3.60. The van der Waals surface area contributed by atoms with Crippen molar-refractivity contribution in [1.29, 1.82) is 0 Å². The first kappa shape index (κ1) is 18.4. The quantitative estimate of drug-likeness (QED) is 0.601. The molecule has 5 nitrogen and oxygen atoms in total. The Balaban J connectivity index is 2.04. The molecule has 0 atom stereocenters. The van der Waals surface area contributed by atoms with Crippen LogP contribution in [0.1, 0.15) is 23.6 Å². The number of piperazine rings is 1. The maximum Gasteiger partial charge on any atom is 0.278 e. The summed E-state index contributed by atoms with van der Waals surface area (Å²) < 4.78 is 0. The highest BCUT2D eigenvalue weighted by Gasteiger charge is 2.41. The number of hydrogen-bond acceptors (Lipinski definition) is 4. The zero-order chi connectivity index (χ0) is 18.8. The molecule has 3 rings (SSSR count). The van der Waals surface area contributed by atoms with Crippen LogP contribution < -0.4 is 0 Å². The van der Waals surface area contributed by atoms with E-state index in [-0.39, 0.29) is 18.4 Å². The molecule has 0 spiro atoms. The molecule has 1 fully saturated rings. The lowest BCUT2D eigenvalue weighted by Gasteiger charge is -2.36. The number of hydrogen-bond donors (Lipinski definition) is 0. The van der Waals surface area contributed by atoms with Crippen LogP contribution in [0.5, 0.6) is 0 Å².